The molecule has 1 aliphatic heterocycles. The minimum Gasteiger partial charge on any atom is -0.396 e. The largest absolute Gasteiger partial charge is 0.396 e. The molecule has 3 heteroatoms. The summed E-state index contributed by atoms with van der Waals surface area (Å²) in [5.74, 6) is 0.581. The van der Waals surface area contributed by atoms with E-state index >= 15 is 0 Å². The Morgan fingerprint density at radius 3 is 2.23 bits per heavy atom. The normalized spacial score (nSPS) is 35.8. The first kappa shape index (κ1) is 9.44. The molecule has 0 aromatic carbocycles. The summed E-state index contributed by atoms with van der Waals surface area (Å²) in [5.41, 5.74) is 0. The topological polar surface area (TPSA) is 44.3 Å². The van der Waals surface area contributed by atoms with E-state index in [0.29, 0.717) is 12.5 Å². The van der Waals surface area contributed by atoms with E-state index in [2.05, 4.69) is 10.6 Å². The Balaban J connectivity index is 1.65. The zero-order valence-electron chi connectivity index (χ0n) is 8.13. The summed E-state index contributed by atoms with van der Waals surface area (Å²) in [6, 6.07) is 1.44. The van der Waals surface area contributed by atoms with Crippen LogP contribution >= 0.6 is 0 Å². The lowest BCUT2D eigenvalue weighted by molar-refractivity contribution is 0.167. The lowest BCUT2D eigenvalue weighted by Crippen LogP contribution is -2.58. The van der Waals surface area contributed by atoms with Crippen LogP contribution in [0.5, 0.6) is 0 Å². The molecule has 0 unspecified atom stereocenters. The molecule has 13 heavy (non-hydrogen) atoms. The molecular weight excluding hydrogens is 164 g/mol. The van der Waals surface area contributed by atoms with Crippen LogP contribution < -0.4 is 10.6 Å². The average molecular weight is 184 g/mol. The number of hydrogen-bond acceptors (Lipinski definition) is 3. The third kappa shape index (κ3) is 2.42. The van der Waals surface area contributed by atoms with Crippen molar-refractivity contribution in [2.75, 3.05) is 19.7 Å². The van der Waals surface area contributed by atoms with Crippen molar-refractivity contribution in [1.82, 2.24) is 10.6 Å². The molecule has 0 radical (unpaired) electrons. The van der Waals surface area contributed by atoms with Crippen molar-refractivity contribution in [1.29, 1.82) is 0 Å². The summed E-state index contributed by atoms with van der Waals surface area (Å²) in [6.45, 7) is 2.66. The van der Waals surface area contributed by atoms with Crippen molar-refractivity contribution in [2.45, 2.75) is 37.8 Å². The zero-order valence-corrected chi connectivity index (χ0v) is 8.13. The second-order valence-corrected chi connectivity index (χ2v) is 4.42. The van der Waals surface area contributed by atoms with Crippen LogP contribution in [0, 0.1) is 5.92 Å². The van der Waals surface area contributed by atoms with Gasteiger partial charge in [-0.05, 0) is 31.6 Å². The van der Waals surface area contributed by atoms with E-state index < -0.39 is 0 Å². The molecule has 1 heterocycles. The Kier molecular flexibility index (Phi) is 3.19. The molecule has 0 atom stereocenters. The molecule has 2 fully saturated rings. The van der Waals surface area contributed by atoms with Crippen molar-refractivity contribution in [3.8, 4) is 0 Å². The summed E-state index contributed by atoms with van der Waals surface area (Å²) in [7, 11) is 0. The molecule has 1 saturated carbocycles. The number of aliphatic hydroxyl groups is 1. The van der Waals surface area contributed by atoms with Crippen LogP contribution in [0.3, 0.4) is 0 Å². The van der Waals surface area contributed by atoms with Gasteiger partial charge in [0, 0.05) is 31.8 Å². The second-order valence-electron chi connectivity index (χ2n) is 4.42. The Labute approximate surface area is 79.9 Å². The van der Waals surface area contributed by atoms with Crippen LogP contribution in [0.25, 0.3) is 0 Å². The van der Waals surface area contributed by atoms with E-state index in [1.165, 1.54) is 25.7 Å². The number of aliphatic hydroxyl groups excluding tert-OH is 1. The van der Waals surface area contributed by atoms with Crippen LogP contribution in [0.15, 0.2) is 0 Å². The van der Waals surface area contributed by atoms with Crippen molar-refractivity contribution in [3.63, 3.8) is 0 Å². The molecule has 2 rings (SSSR count). The smallest absolute Gasteiger partial charge is 0.0459 e. The van der Waals surface area contributed by atoms with E-state index in [0.717, 1.165) is 25.2 Å². The van der Waals surface area contributed by atoms with Gasteiger partial charge in [0.05, 0.1) is 0 Å². The Hall–Kier alpha value is -0.120. The minimum atomic E-state index is 0.387. The molecule has 2 aliphatic rings. The van der Waals surface area contributed by atoms with Gasteiger partial charge in [-0.3, -0.25) is 0 Å². The molecule has 1 aliphatic carbocycles. The molecular formula is C10H20N2O. The highest BCUT2D eigenvalue weighted by Gasteiger charge is 2.24. The Bertz CT molecular complexity index is 151. The first-order chi connectivity index (χ1) is 6.38. The SMILES string of the molecule is OCC1CCC(NC2CNC2)CC1. The van der Waals surface area contributed by atoms with E-state index in [4.69, 9.17) is 5.11 Å². The fraction of sp³-hybridized carbons (Fsp3) is 1.00. The first-order valence-electron chi connectivity index (χ1n) is 5.46. The van der Waals surface area contributed by atoms with Crippen molar-refractivity contribution < 1.29 is 5.11 Å². The van der Waals surface area contributed by atoms with Gasteiger partial charge in [-0.2, -0.15) is 0 Å². The van der Waals surface area contributed by atoms with Crippen LogP contribution in [0.4, 0.5) is 0 Å². The van der Waals surface area contributed by atoms with Crippen LogP contribution in [-0.4, -0.2) is 36.9 Å². The molecule has 76 valence electrons. The summed E-state index contributed by atoms with van der Waals surface area (Å²) >= 11 is 0. The molecule has 0 spiro atoms. The second kappa shape index (κ2) is 4.40. The number of nitrogens with one attached hydrogen (secondary N) is 2. The monoisotopic (exact) mass is 184 g/mol. The Morgan fingerprint density at radius 2 is 1.77 bits per heavy atom. The van der Waals surface area contributed by atoms with E-state index in [9.17, 15) is 0 Å². The zero-order chi connectivity index (χ0) is 9.10. The van der Waals surface area contributed by atoms with E-state index in [-0.39, 0.29) is 0 Å². The molecule has 0 amide bonds. The maximum Gasteiger partial charge on any atom is 0.0459 e. The number of rotatable bonds is 3. The van der Waals surface area contributed by atoms with Gasteiger partial charge in [-0.1, -0.05) is 0 Å². The molecule has 0 aromatic rings. The molecule has 3 N–H and O–H groups in total. The van der Waals surface area contributed by atoms with E-state index in [1.807, 2.05) is 0 Å². The summed E-state index contributed by atoms with van der Waals surface area (Å²) in [5, 5.41) is 15.9. The highest BCUT2D eigenvalue weighted by Crippen LogP contribution is 2.24. The van der Waals surface area contributed by atoms with Crippen molar-refractivity contribution in [3.05, 3.63) is 0 Å². The van der Waals surface area contributed by atoms with Gasteiger partial charge in [0.15, 0.2) is 0 Å². The summed E-state index contributed by atoms with van der Waals surface area (Å²) in [6.07, 6.45) is 4.91. The quantitative estimate of drug-likeness (QED) is 0.583. The Morgan fingerprint density at radius 1 is 1.08 bits per heavy atom. The van der Waals surface area contributed by atoms with Gasteiger partial charge in [0.25, 0.3) is 0 Å². The molecule has 1 saturated heterocycles. The molecule has 3 nitrogen and oxygen atoms in total. The fourth-order valence-corrected chi connectivity index (χ4v) is 2.25. The van der Waals surface area contributed by atoms with Gasteiger partial charge in [-0.25, -0.2) is 0 Å². The molecule has 0 bridgehead atoms. The van der Waals surface area contributed by atoms with Gasteiger partial charge in [-0.15, -0.1) is 0 Å². The predicted molar refractivity (Wildman–Crippen MR) is 52.6 cm³/mol. The highest BCUT2D eigenvalue weighted by atomic mass is 16.3. The van der Waals surface area contributed by atoms with Crippen molar-refractivity contribution in [2.24, 2.45) is 5.92 Å². The first-order valence-corrected chi connectivity index (χ1v) is 5.46. The summed E-state index contributed by atoms with van der Waals surface area (Å²) in [4.78, 5) is 0. The average Bonchev–Trinajstić information content (AvgIpc) is 2.12. The fourth-order valence-electron chi connectivity index (χ4n) is 2.25. The van der Waals surface area contributed by atoms with E-state index in [1.54, 1.807) is 0 Å². The maximum atomic E-state index is 8.99. The van der Waals surface area contributed by atoms with Gasteiger partial charge >= 0.3 is 0 Å². The lowest BCUT2D eigenvalue weighted by atomic mass is 9.86. The minimum absolute atomic E-state index is 0.387. The van der Waals surface area contributed by atoms with Crippen LogP contribution in [0.1, 0.15) is 25.7 Å². The maximum absolute atomic E-state index is 8.99. The van der Waals surface area contributed by atoms with Crippen molar-refractivity contribution >= 4 is 0 Å². The van der Waals surface area contributed by atoms with Crippen LogP contribution in [-0.2, 0) is 0 Å². The highest BCUT2D eigenvalue weighted by molar-refractivity contribution is 4.87. The lowest BCUT2D eigenvalue weighted by Gasteiger charge is -2.35. The predicted octanol–water partition coefficient (Wildman–Crippen LogP) is 0.0989. The summed E-state index contributed by atoms with van der Waals surface area (Å²) < 4.78 is 0. The van der Waals surface area contributed by atoms with Gasteiger partial charge in [0.2, 0.25) is 0 Å². The molecule has 0 aromatic heterocycles. The third-order valence-corrected chi connectivity index (χ3v) is 3.36. The van der Waals surface area contributed by atoms with Gasteiger partial charge < -0.3 is 15.7 Å². The number of hydrogen-bond donors (Lipinski definition) is 3. The van der Waals surface area contributed by atoms with Gasteiger partial charge in [0.1, 0.15) is 0 Å². The standard InChI is InChI=1S/C10H20N2O/c13-7-8-1-3-9(4-2-8)12-10-5-11-6-10/h8-13H,1-7H2. The van der Waals surface area contributed by atoms with Crippen LogP contribution in [0.2, 0.25) is 0 Å². The third-order valence-electron chi connectivity index (χ3n) is 3.36.